The van der Waals surface area contributed by atoms with Crippen molar-refractivity contribution in [3.05, 3.63) is 28.8 Å². The second-order valence-electron chi connectivity index (χ2n) is 3.97. The summed E-state index contributed by atoms with van der Waals surface area (Å²) in [6.07, 6.45) is 2.20. The molecule has 0 aliphatic carbocycles. The van der Waals surface area contributed by atoms with E-state index in [9.17, 15) is 0 Å². The average Bonchev–Trinajstić information content (AvgIpc) is 2.30. The van der Waals surface area contributed by atoms with Gasteiger partial charge in [0.15, 0.2) is 0 Å². The maximum absolute atomic E-state index is 6.05. The van der Waals surface area contributed by atoms with Gasteiger partial charge in [0.05, 0.1) is 0 Å². The Morgan fingerprint density at radius 1 is 1.50 bits per heavy atom. The van der Waals surface area contributed by atoms with Crippen molar-refractivity contribution in [2.75, 3.05) is 18.8 Å². The molecular weight excluding hydrogens is 240 g/mol. The molecule has 0 saturated carbocycles. The zero-order chi connectivity index (χ0) is 11.4. The highest BCUT2D eigenvalue weighted by Crippen LogP contribution is 2.37. The Kier molecular flexibility index (Phi) is 4.53. The van der Waals surface area contributed by atoms with Crippen LogP contribution in [0.25, 0.3) is 0 Å². The molecule has 1 atom stereocenters. The van der Waals surface area contributed by atoms with E-state index in [0.29, 0.717) is 6.04 Å². The molecule has 0 fully saturated rings. The van der Waals surface area contributed by atoms with Gasteiger partial charge < -0.3 is 11.1 Å². The van der Waals surface area contributed by atoms with Gasteiger partial charge in [-0.25, -0.2) is 0 Å². The Hall–Kier alpha value is -0.220. The number of benzene rings is 1. The van der Waals surface area contributed by atoms with Crippen molar-refractivity contribution in [3.8, 4) is 0 Å². The fourth-order valence-corrected chi connectivity index (χ4v) is 3.24. The van der Waals surface area contributed by atoms with Gasteiger partial charge in [0.25, 0.3) is 0 Å². The third-order valence-corrected chi connectivity index (χ3v) is 4.14. The normalized spacial score (nSPS) is 19.5. The molecule has 0 spiro atoms. The van der Waals surface area contributed by atoms with E-state index in [1.807, 2.05) is 17.8 Å². The molecule has 1 aliphatic rings. The van der Waals surface area contributed by atoms with E-state index in [1.54, 1.807) is 0 Å². The van der Waals surface area contributed by atoms with Crippen LogP contribution in [0, 0.1) is 0 Å². The highest BCUT2D eigenvalue weighted by Gasteiger charge is 2.19. The number of rotatable bonds is 4. The molecule has 4 heteroatoms. The summed E-state index contributed by atoms with van der Waals surface area (Å²) in [5, 5.41) is 4.38. The molecular formula is C12H17ClN2S. The molecule has 0 saturated heterocycles. The molecule has 0 bridgehead atoms. The first-order chi connectivity index (χ1) is 7.81. The molecule has 1 heterocycles. The monoisotopic (exact) mass is 256 g/mol. The molecule has 0 aromatic heterocycles. The van der Waals surface area contributed by atoms with E-state index in [-0.39, 0.29) is 0 Å². The van der Waals surface area contributed by atoms with Crippen LogP contribution in [0.4, 0.5) is 0 Å². The fourth-order valence-electron chi connectivity index (χ4n) is 1.96. The molecule has 1 aromatic rings. The predicted octanol–water partition coefficient (Wildman–Crippen LogP) is 2.82. The topological polar surface area (TPSA) is 38.0 Å². The molecule has 2 nitrogen and oxygen atoms in total. The van der Waals surface area contributed by atoms with Crippen molar-refractivity contribution in [3.63, 3.8) is 0 Å². The first kappa shape index (κ1) is 12.2. The lowest BCUT2D eigenvalue weighted by Gasteiger charge is -2.26. The second kappa shape index (κ2) is 5.92. The third-order valence-electron chi connectivity index (χ3n) is 2.78. The molecule has 3 N–H and O–H groups in total. The van der Waals surface area contributed by atoms with Crippen LogP contribution < -0.4 is 11.1 Å². The maximum atomic E-state index is 6.05. The summed E-state index contributed by atoms with van der Waals surface area (Å²) in [5.74, 6) is 1.18. The van der Waals surface area contributed by atoms with E-state index in [1.165, 1.54) is 22.6 Å². The van der Waals surface area contributed by atoms with Crippen molar-refractivity contribution in [1.82, 2.24) is 5.32 Å². The Labute approximate surface area is 106 Å². The number of halogens is 1. The van der Waals surface area contributed by atoms with E-state index < -0.39 is 0 Å². The SMILES string of the molecule is NCCCNC1CCSc2ccc(Cl)cc21. The maximum Gasteiger partial charge on any atom is 0.0410 e. The van der Waals surface area contributed by atoms with Crippen molar-refractivity contribution >= 4 is 23.4 Å². The summed E-state index contributed by atoms with van der Waals surface area (Å²) in [6, 6.07) is 6.62. The van der Waals surface area contributed by atoms with E-state index in [4.69, 9.17) is 17.3 Å². The van der Waals surface area contributed by atoms with Crippen LogP contribution in [0.15, 0.2) is 23.1 Å². The van der Waals surface area contributed by atoms with Crippen LogP contribution in [0.3, 0.4) is 0 Å². The van der Waals surface area contributed by atoms with Gasteiger partial charge in [-0.3, -0.25) is 0 Å². The second-order valence-corrected chi connectivity index (χ2v) is 5.54. The fraction of sp³-hybridized carbons (Fsp3) is 0.500. The lowest BCUT2D eigenvalue weighted by atomic mass is 10.0. The van der Waals surface area contributed by atoms with E-state index in [0.717, 1.165) is 24.5 Å². The number of nitrogens with one attached hydrogen (secondary N) is 1. The zero-order valence-electron chi connectivity index (χ0n) is 9.21. The minimum absolute atomic E-state index is 0.446. The van der Waals surface area contributed by atoms with Gasteiger partial charge in [0.1, 0.15) is 0 Å². The summed E-state index contributed by atoms with van der Waals surface area (Å²) in [7, 11) is 0. The average molecular weight is 257 g/mol. The molecule has 88 valence electrons. The first-order valence-electron chi connectivity index (χ1n) is 5.67. The molecule has 0 radical (unpaired) electrons. The highest BCUT2D eigenvalue weighted by molar-refractivity contribution is 7.99. The van der Waals surface area contributed by atoms with Crippen molar-refractivity contribution in [2.24, 2.45) is 5.73 Å². The Bertz CT molecular complexity index is 357. The van der Waals surface area contributed by atoms with Crippen LogP contribution in [0.5, 0.6) is 0 Å². The van der Waals surface area contributed by atoms with Crippen LogP contribution in [0.1, 0.15) is 24.4 Å². The molecule has 0 amide bonds. The summed E-state index contributed by atoms with van der Waals surface area (Å²) < 4.78 is 0. The Balaban J connectivity index is 2.09. The molecule has 16 heavy (non-hydrogen) atoms. The summed E-state index contributed by atoms with van der Waals surface area (Å²) in [6.45, 7) is 1.73. The van der Waals surface area contributed by atoms with Crippen LogP contribution in [-0.2, 0) is 0 Å². The largest absolute Gasteiger partial charge is 0.330 e. The van der Waals surface area contributed by atoms with Gasteiger partial charge in [-0.05, 0) is 55.4 Å². The van der Waals surface area contributed by atoms with Gasteiger partial charge in [0.2, 0.25) is 0 Å². The molecule has 1 aromatic carbocycles. The standard InChI is InChI=1S/C12H17ClN2S/c13-9-2-3-12-10(8-9)11(4-7-16-12)15-6-1-5-14/h2-3,8,11,15H,1,4-7,14H2. The predicted molar refractivity (Wildman–Crippen MR) is 71.2 cm³/mol. The van der Waals surface area contributed by atoms with Crippen LogP contribution in [-0.4, -0.2) is 18.8 Å². The summed E-state index contributed by atoms with van der Waals surface area (Å²) in [5.41, 5.74) is 6.85. The number of thioether (sulfide) groups is 1. The lowest BCUT2D eigenvalue weighted by molar-refractivity contribution is 0.504. The minimum atomic E-state index is 0.446. The van der Waals surface area contributed by atoms with Crippen LogP contribution in [0.2, 0.25) is 5.02 Å². The summed E-state index contributed by atoms with van der Waals surface area (Å²) >= 11 is 7.96. The molecule has 1 aliphatic heterocycles. The first-order valence-corrected chi connectivity index (χ1v) is 7.03. The smallest absolute Gasteiger partial charge is 0.0410 e. The third kappa shape index (κ3) is 2.92. The summed E-state index contributed by atoms with van der Waals surface area (Å²) in [4.78, 5) is 1.36. The Morgan fingerprint density at radius 3 is 3.19 bits per heavy atom. The number of hydrogen-bond acceptors (Lipinski definition) is 3. The van der Waals surface area contributed by atoms with E-state index in [2.05, 4.69) is 17.4 Å². The number of hydrogen-bond donors (Lipinski definition) is 2. The van der Waals surface area contributed by atoms with Gasteiger partial charge in [0, 0.05) is 16.0 Å². The van der Waals surface area contributed by atoms with Gasteiger partial charge in [-0.1, -0.05) is 11.6 Å². The van der Waals surface area contributed by atoms with Gasteiger partial charge in [-0.2, -0.15) is 0 Å². The Morgan fingerprint density at radius 2 is 2.38 bits per heavy atom. The zero-order valence-corrected chi connectivity index (χ0v) is 10.8. The number of fused-ring (bicyclic) bond motifs is 1. The number of nitrogens with two attached hydrogens (primary N) is 1. The minimum Gasteiger partial charge on any atom is -0.330 e. The molecule has 1 unspecified atom stereocenters. The van der Waals surface area contributed by atoms with Gasteiger partial charge >= 0.3 is 0 Å². The quantitative estimate of drug-likeness (QED) is 0.814. The van der Waals surface area contributed by atoms with Crippen molar-refractivity contribution < 1.29 is 0 Å². The van der Waals surface area contributed by atoms with Crippen LogP contribution >= 0.6 is 23.4 Å². The van der Waals surface area contributed by atoms with E-state index >= 15 is 0 Å². The highest BCUT2D eigenvalue weighted by atomic mass is 35.5. The molecule has 2 rings (SSSR count). The van der Waals surface area contributed by atoms with Gasteiger partial charge in [-0.15, -0.1) is 11.8 Å². The van der Waals surface area contributed by atoms with Crippen molar-refractivity contribution in [2.45, 2.75) is 23.8 Å². The van der Waals surface area contributed by atoms with Crippen molar-refractivity contribution in [1.29, 1.82) is 0 Å². The lowest BCUT2D eigenvalue weighted by Crippen LogP contribution is -2.26.